The van der Waals surface area contributed by atoms with Crippen LogP contribution in [0.5, 0.6) is 0 Å². The Morgan fingerprint density at radius 2 is 2.10 bits per heavy atom. The molecular formula is C15H22N2O3. The summed E-state index contributed by atoms with van der Waals surface area (Å²) in [6.45, 7) is 6.78. The number of ether oxygens (including phenoxy) is 2. The van der Waals surface area contributed by atoms with Crippen molar-refractivity contribution in [3.05, 3.63) is 23.3 Å². The normalized spacial score (nSPS) is 15.9. The smallest absolute Gasteiger partial charge is 0.341 e. The van der Waals surface area contributed by atoms with E-state index >= 15 is 0 Å². The number of aromatic nitrogens is 2. The molecule has 1 aliphatic rings. The number of carbonyl (C=O) groups is 1. The molecule has 5 nitrogen and oxygen atoms in total. The summed E-state index contributed by atoms with van der Waals surface area (Å²) in [6.07, 6.45) is 4.46. The van der Waals surface area contributed by atoms with E-state index in [1.165, 1.54) is 0 Å². The maximum Gasteiger partial charge on any atom is 0.341 e. The molecule has 1 saturated carbocycles. The zero-order valence-electron chi connectivity index (χ0n) is 12.4. The first-order valence-corrected chi connectivity index (χ1v) is 7.36. The van der Waals surface area contributed by atoms with Crippen LogP contribution in [0.2, 0.25) is 0 Å². The van der Waals surface area contributed by atoms with Gasteiger partial charge in [0, 0.05) is 18.7 Å². The molecule has 1 heterocycles. The Morgan fingerprint density at radius 3 is 2.65 bits per heavy atom. The van der Waals surface area contributed by atoms with Gasteiger partial charge in [-0.2, -0.15) is 0 Å². The molecule has 0 N–H and O–H groups in total. The maximum absolute atomic E-state index is 11.9. The maximum atomic E-state index is 11.9. The van der Waals surface area contributed by atoms with Crippen molar-refractivity contribution in [1.29, 1.82) is 0 Å². The van der Waals surface area contributed by atoms with Gasteiger partial charge in [-0.25, -0.2) is 14.8 Å². The second-order valence-corrected chi connectivity index (χ2v) is 4.87. The minimum atomic E-state index is -0.328. The van der Waals surface area contributed by atoms with Crippen LogP contribution in [0.25, 0.3) is 0 Å². The van der Waals surface area contributed by atoms with E-state index in [0.717, 1.165) is 25.0 Å². The summed E-state index contributed by atoms with van der Waals surface area (Å²) in [5, 5.41) is 0. The molecule has 1 aromatic heterocycles. The van der Waals surface area contributed by atoms with Crippen LogP contribution >= 0.6 is 0 Å². The van der Waals surface area contributed by atoms with Gasteiger partial charge in [0.1, 0.15) is 6.10 Å². The van der Waals surface area contributed by atoms with Crippen LogP contribution in [0, 0.1) is 0 Å². The van der Waals surface area contributed by atoms with Crippen LogP contribution in [-0.2, 0) is 9.47 Å². The van der Waals surface area contributed by atoms with E-state index < -0.39 is 0 Å². The molecule has 0 spiro atoms. The van der Waals surface area contributed by atoms with Crippen LogP contribution in [0.1, 0.15) is 73.9 Å². The van der Waals surface area contributed by atoms with E-state index in [1.807, 2.05) is 13.8 Å². The standard InChI is InChI=1S/C15H22N2O3/c1-4-12(19-5-2)14-16-9-11(15(18)20-6-3)13(17-14)10-7-8-10/h9-10,12H,4-8H2,1-3H3. The summed E-state index contributed by atoms with van der Waals surface area (Å²) in [7, 11) is 0. The van der Waals surface area contributed by atoms with E-state index in [-0.39, 0.29) is 12.1 Å². The molecule has 1 aliphatic carbocycles. The van der Waals surface area contributed by atoms with Gasteiger partial charge in [-0.3, -0.25) is 0 Å². The number of carbonyl (C=O) groups excluding carboxylic acids is 1. The fourth-order valence-corrected chi connectivity index (χ4v) is 2.17. The molecule has 0 radical (unpaired) electrons. The summed E-state index contributed by atoms with van der Waals surface area (Å²) < 4.78 is 10.7. The molecule has 0 amide bonds. The van der Waals surface area contributed by atoms with Crippen molar-refractivity contribution in [2.75, 3.05) is 13.2 Å². The molecule has 1 unspecified atom stereocenters. The van der Waals surface area contributed by atoms with Crippen molar-refractivity contribution in [3.8, 4) is 0 Å². The predicted molar refractivity (Wildman–Crippen MR) is 74.6 cm³/mol. The topological polar surface area (TPSA) is 61.3 Å². The minimum Gasteiger partial charge on any atom is -0.462 e. The van der Waals surface area contributed by atoms with Crippen molar-refractivity contribution in [2.24, 2.45) is 0 Å². The Balaban J connectivity index is 2.29. The Hall–Kier alpha value is -1.49. The molecule has 0 saturated heterocycles. The van der Waals surface area contributed by atoms with Gasteiger partial charge in [-0.05, 0) is 33.1 Å². The number of hydrogen-bond acceptors (Lipinski definition) is 5. The lowest BCUT2D eigenvalue weighted by Crippen LogP contribution is -2.14. The van der Waals surface area contributed by atoms with Gasteiger partial charge in [-0.15, -0.1) is 0 Å². The zero-order chi connectivity index (χ0) is 14.5. The predicted octanol–water partition coefficient (Wildman–Crippen LogP) is 3.02. The summed E-state index contributed by atoms with van der Waals surface area (Å²) in [5.74, 6) is 0.713. The molecule has 0 bridgehead atoms. The molecule has 2 rings (SSSR count). The van der Waals surface area contributed by atoms with E-state index in [9.17, 15) is 4.79 Å². The highest BCUT2D eigenvalue weighted by Gasteiger charge is 2.31. The lowest BCUT2D eigenvalue weighted by atomic mass is 10.1. The summed E-state index contributed by atoms with van der Waals surface area (Å²) in [6, 6.07) is 0. The average Bonchev–Trinajstić information content (AvgIpc) is 3.29. The number of esters is 1. The highest BCUT2D eigenvalue weighted by molar-refractivity contribution is 5.90. The second-order valence-electron chi connectivity index (χ2n) is 4.87. The molecule has 110 valence electrons. The van der Waals surface area contributed by atoms with Crippen molar-refractivity contribution in [2.45, 2.75) is 52.1 Å². The van der Waals surface area contributed by atoms with Crippen molar-refractivity contribution < 1.29 is 14.3 Å². The molecule has 0 aliphatic heterocycles. The van der Waals surface area contributed by atoms with E-state index in [0.29, 0.717) is 30.5 Å². The molecule has 1 fully saturated rings. The second kappa shape index (κ2) is 6.79. The third kappa shape index (κ3) is 3.33. The number of hydrogen-bond donors (Lipinski definition) is 0. The first-order valence-electron chi connectivity index (χ1n) is 7.36. The Bertz CT molecular complexity index is 472. The van der Waals surface area contributed by atoms with Crippen LogP contribution in [0.4, 0.5) is 0 Å². The van der Waals surface area contributed by atoms with Crippen molar-refractivity contribution in [1.82, 2.24) is 9.97 Å². The first kappa shape index (κ1) is 14.9. The van der Waals surface area contributed by atoms with Crippen LogP contribution in [0.3, 0.4) is 0 Å². The highest BCUT2D eigenvalue weighted by Crippen LogP contribution is 2.41. The fourth-order valence-electron chi connectivity index (χ4n) is 2.17. The van der Waals surface area contributed by atoms with Gasteiger partial charge in [0.05, 0.1) is 17.9 Å². The largest absolute Gasteiger partial charge is 0.462 e. The van der Waals surface area contributed by atoms with Crippen LogP contribution in [0.15, 0.2) is 6.20 Å². The molecular weight excluding hydrogens is 256 g/mol. The quantitative estimate of drug-likeness (QED) is 0.717. The fraction of sp³-hybridized carbons (Fsp3) is 0.667. The molecule has 1 atom stereocenters. The van der Waals surface area contributed by atoms with Gasteiger partial charge >= 0.3 is 5.97 Å². The van der Waals surface area contributed by atoms with E-state index in [2.05, 4.69) is 9.97 Å². The summed E-state index contributed by atoms with van der Waals surface area (Å²) in [4.78, 5) is 20.8. The van der Waals surface area contributed by atoms with Crippen molar-refractivity contribution >= 4 is 5.97 Å². The van der Waals surface area contributed by atoms with Crippen LogP contribution in [-0.4, -0.2) is 29.2 Å². The number of rotatable bonds is 7. The third-order valence-electron chi connectivity index (χ3n) is 3.32. The highest BCUT2D eigenvalue weighted by atomic mass is 16.5. The van der Waals surface area contributed by atoms with Crippen LogP contribution < -0.4 is 0 Å². The average molecular weight is 278 g/mol. The third-order valence-corrected chi connectivity index (χ3v) is 3.32. The zero-order valence-corrected chi connectivity index (χ0v) is 12.4. The first-order chi connectivity index (χ1) is 9.71. The Morgan fingerprint density at radius 1 is 1.35 bits per heavy atom. The molecule has 20 heavy (non-hydrogen) atoms. The monoisotopic (exact) mass is 278 g/mol. The molecule has 1 aromatic rings. The molecule has 0 aromatic carbocycles. The van der Waals surface area contributed by atoms with Crippen molar-refractivity contribution in [3.63, 3.8) is 0 Å². The Labute approximate surface area is 119 Å². The van der Waals surface area contributed by atoms with Gasteiger partial charge in [0.15, 0.2) is 5.82 Å². The lowest BCUT2D eigenvalue weighted by Gasteiger charge is -2.15. The van der Waals surface area contributed by atoms with Gasteiger partial charge in [0.2, 0.25) is 0 Å². The molecule has 5 heteroatoms. The minimum absolute atomic E-state index is 0.103. The lowest BCUT2D eigenvalue weighted by molar-refractivity contribution is 0.0504. The Kier molecular flexibility index (Phi) is 5.06. The SMILES string of the molecule is CCOC(=O)c1cnc(C(CC)OCC)nc1C1CC1. The van der Waals surface area contributed by atoms with E-state index in [1.54, 1.807) is 13.1 Å². The summed E-state index contributed by atoms with van der Waals surface area (Å²) >= 11 is 0. The number of nitrogens with zero attached hydrogens (tertiary/aromatic N) is 2. The van der Waals surface area contributed by atoms with Gasteiger partial charge < -0.3 is 9.47 Å². The van der Waals surface area contributed by atoms with Gasteiger partial charge in [-0.1, -0.05) is 6.92 Å². The van der Waals surface area contributed by atoms with Gasteiger partial charge in [0.25, 0.3) is 0 Å². The summed E-state index contributed by atoms with van der Waals surface area (Å²) in [5.41, 5.74) is 1.33. The van der Waals surface area contributed by atoms with E-state index in [4.69, 9.17) is 9.47 Å².